The predicted octanol–water partition coefficient (Wildman–Crippen LogP) is 2.19. The van der Waals surface area contributed by atoms with Gasteiger partial charge in [-0.2, -0.15) is 0 Å². The van der Waals surface area contributed by atoms with Gasteiger partial charge in [-0.25, -0.2) is 4.98 Å². The summed E-state index contributed by atoms with van der Waals surface area (Å²) >= 11 is 11.5. The molecule has 0 aliphatic carbocycles. The number of ether oxygens (including phenoxy) is 2. The first-order valence-corrected chi connectivity index (χ1v) is 6.60. The van der Waals surface area contributed by atoms with Gasteiger partial charge in [0.25, 0.3) is 0 Å². The lowest BCUT2D eigenvalue weighted by Gasteiger charge is -2.12. The third-order valence-electron chi connectivity index (χ3n) is 2.15. The van der Waals surface area contributed by atoms with Gasteiger partial charge in [-0.1, -0.05) is 30.1 Å². The van der Waals surface area contributed by atoms with Crippen LogP contribution >= 0.6 is 23.2 Å². The molecule has 106 valence electrons. The molecule has 7 heteroatoms. The molecule has 0 amide bonds. The lowest BCUT2D eigenvalue weighted by Crippen LogP contribution is -2.36. The van der Waals surface area contributed by atoms with E-state index in [1.807, 2.05) is 6.92 Å². The Labute approximate surface area is 122 Å². The first-order chi connectivity index (χ1) is 9.02. The highest BCUT2D eigenvalue weighted by Crippen LogP contribution is 2.15. The molecular formula is C12H16Cl2N2O3. The zero-order valence-corrected chi connectivity index (χ0v) is 12.1. The summed E-state index contributed by atoms with van der Waals surface area (Å²) in [7, 11) is 0. The van der Waals surface area contributed by atoms with Crippen LogP contribution in [0, 0.1) is 0 Å². The molecule has 0 saturated heterocycles. The third kappa shape index (κ3) is 6.20. The number of hydrogen-bond donors (Lipinski definition) is 1. The van der Waals surface area contributed by atoms with Crippen molar-refractivity contribution >= 4 is 29.2 Å². The number of nitrogens with zero attached hydrogens (tertiary/aromatic N) is 1. The minimum absolute atomic E-state index is 0.0439. The average molecular weight is 307 g/mol. The second-order valence-corrected chi connectivity index (χ2v) is 4.68. The van der Waals surface area contributed by atoms with Crippen molar-refractivity contribution in [3.05, 3.63) is 28.0 Å². The van der Waals surface area contributed by atoms with E-state index >= 15 is 0 Å². The van der Waals surface area contributed by atoms with Crippen molar-refractivity contribution in [1.29, 1.82) is 0 Å². The third-order valence-corrected chi connectivity index (χ3v) is 2.54. The highest BCUT2D eigenvalue weighted by atomic mass is 35.5. The topological polar surface area (TPSA) is 74.4 Å². The van der Waals surface area contributed by atoms with Crippen LogP contribution in [-0.4, -0.2) is 30.2 Å². The highest BCUT2D eigenvalue weighted by molar-refractivity contribution is 6.32. The number of esters is 1. The zero-order chi connectivity index (χ0) is 14.3. The number of carbonyl (C=O) groups excluding carboxylic acids is 1. The maximum Gasteiger partial charge on any atom is 0.325 e. The monoisotopic (exact) mass is 306 g/mol. The van der Waals surface area contributed by atoms with E-state index in [-0.39, 0.29) is 23.5 Å². The Hall–Kier alpha value is -0.880. The minimum Gasteiger partial charge on any atom is -0.460 e. The molecule has 19 heavy (non-hydrogen) atoms. The summed E-state index contributed by atoms with van der Waals surface area (Å²) in [6, 6.07) is 2.35. The Bertz CT molecular complexity index is 409. The van der Waals surface area contributed by atoms with E-state index in [4.69, 9.17) is 38.4 Å². The maximum absolute atomic E-state index is 11.6. The second kappa shape index (κ2) is 8.32. The van der Waals surface area contributed by atoms with Crippen LogP contribution in [0.25, 0.3) is 0 Å². The quantitative estimate of drug-likeness (QED) is 0.475. The van der Waals surface area contributed by atoms with Crippen molar-refractivity contribution in [1.82, 2.24) is 4.98 Å². The van der Waals surface area contributed by atoms with E-state index < -0.39 is 12.0 Å². The summed E-state index contributed by atoms with van der Waals surface area (Å²) < 4.78 is 10.2. The molecule has 0 saturated carbocycles. The van der Waals surface area contributed by atoms with Crippen LogP contribution in [0.15, 0.2) is 12.1 Å². The number of carbonyl (C=O) groups is 1. The van der Waals surface area contributed by atoms with Gasteiger partial charge in [-0.15, -0.1) is 0 Å². The minimum atomic E-state index is -0.792. The van der Waals surface area contributed by atoms with Crippen LogP contribution in [-0.2, 0) is 20.9 Å². The fourth-order valence-electron chi connectivity index (χ4n) is 1.28. The van der Waals surface area contributed by atoms with E-state index in [2.05, 4.69) is 4.98 Å². The van der Waals surface area contributed by atoms with Gasteiger partial charge in [0.2, 0.25) is 0 Å². The molecule has 0 aliphatic heterocycles. The van der Waals surface area contributed by atoms with E-state index in [1.54, 1.807) is 12.1 Å². The van der Waals surface area contributed by atoms with Gasteiger partial charge in [0.05, 0.1) is 6.61 Å². The SMILES string of the molecule is CCCOC[C@H](N)C(=O)OCc1cc(Cl)nc(Cl)c1. The molecule has 1 heterocycles. The smallest absolute Gasteiger partial charge is 0.325 e. The molecule has 0 bridgehead atoms. The predicted molar refractivity (Wildman–Crippen MR) is 73.1 cm³/mol. The summed E-state index contributed by atoms with van der Waals surface area (Å²) in [6.45, 7) is 2.73. The van der Waals surface area contributed by atoms with Gasteiger partial charge in [0.1, 0.15) is 23.0 Å². The highest BCUT2D eigenvalue weighted by Gasteiger charge is 2.15. The second-order valence-electron chi connectivity index (χ2n) is 3.91. The van der Waals surface area contributed by atoms with Gasteiger partial charge in [0.15, 0.2) is 0 Å². The summed E-state index contributed by atoms with van der Waals surface area (Å²) in [5.41, 5.74) is 6.27. The Morgan fingerprint density at radius 2 is 2.05 bits per heavy atom. The van der Waals surface area contributed by atoms with E-state index in [0.717, 1.165) is 6.42 Å². The molecule has 0 aromatic carbocycles. The number of rotatable bonds is 7. The van der Waals surface area contributed by atoms with Gasteiger partial charge in [-0.05, 0) is 24.1 Å². The summed E-state index contributed by atoms with van der Waals surface area (Å²) in [6.07, 6.45) is 0.871. The molecule has 0 aliphatic rings. The normalized spacial score (nSPS) is 12.2. The average Bonchev–Trinajstić information content (AvgIpc) is 2.35. The molecule has 0 unspecified atom stereocenters. The van der Waals surface area contributed by atoms with Crippen molar-refractivity contribution in [2.75, 3.05) is 13.2 Å². The van der Waals surface area contributed by atoms with Gasteiger partial charge in [-0.3, -0.25) is 4.79 Å². The van der Waals surface area contributed by atoms with Crippen molar-refractivity contribution in [2.24, 2.45) is 5.73 Å². The number of hydrogen-bond acceptors (Lipinski definition) is 5. The molecule has 2 N–H and O–H groups in total. The summed E-state index contributed by atoms with van der Waals surface area (Å²) in [4.78, 5) is 15.4. The number of pyridine rings is 1. The number of aromatic nitrogens is 1. The Balaban J connectivity index is 2.40. The van der Waals surface area contributed by atoms with E-state index in [1.165, 1.54) is 0 Å². The summed E-state index contributed by atoms with van der Waals surface area (Å²) in [5, 5.41) is 0.489. The molecule has 1 rings (SSSR count). The molecule has 1 aromatic heterocycles. The lowest BCUT2D eigenvalue weighted by molar-refractivity contribution is -0.148. The molecule has 0 fully saturated rings. The van der Waals surface area contributed by atoms with Gasteiger partial charge >= 0.3 is 5.97 Å². The van der Waals surface area contributed by atoms with Gasteiger partial charge in [0, 0.05) is 6.61 Å². The van der Waals surface area contributed by atoms with Crippen molar-refractivity contribution < 1.29 is 14.3 Å². The Kier molecular flexibility index (Phi) is 7.09. The fraction of sp³-hybridized carbons (Fsp3) is 0.500. The molecule has 1 aromatic rings. The fourth-order valence-corrected chi connectivity index (χ4v) is 1.79. The molecular weight excluding hydrogens is 291 g/mol. The first-order valence-electron chi connectivity index (χ1n) is 5.85. The zero-order valence-electron chi connectivity index (χ0n) is 10.6. The van der Waals surface area contributed by atoms with Gasteiger partial charge < -0.3 is 15.2 Å². The van der Waals surface area contributed by atoms with Crippen molar-refractivity contribution in [2.45, 2.75) is 26.0 Å². The van der Waals surface area contributed by atoms with Crippen LogP contribution in [0.2, 0.25) is 10.3 Å². The van der Waals surface area contributed by atoms with Crippen molar-refractivity contribution in [3.8, 4) is 0 Å². The largest absolute Gasteiger partial charge is 0.460 e. The van der Waals surface area contributed by atoms with Crippen LogP contribution in [0.5, 0.6) is 0 Å². The van der Waals surface area contributed by atoms with E-state index in [9.17, 15) is 4.79 Å². The van der Waals surface area contributed by atoms with Crippen molar-refractivity contribution in [3.63, 3.8) is 0 Å². The van der Waals surface area contributed by atoms with Crippen LogP contribution in [0.4, 0.5) is 0 Å². The van der Waals surface area contributed by atoms with Crippen LogP contribution in [0.1, 0.15) is 18.9 Å². The van der Waals surface area contributed by atoms with Crippen LogP contribution < -0.4 is 5.73 Å². The summed E-state index contributed by atoms with van der Waals surface area (Å²) in [5.74, 6) is -0.528. The van der Waals surface area contributed by atoms with E-state index in [0.29, 0.717) is 12.2 Å². The standard InChI is InChI=1S/C12H16Cl2N2O3/c1-2-3-18-7-9(15)12(17)19-6-8-4-10(13)16-11(14)5-8/h4-5,9H,2-3,6-7,15H2,1H3/t9-/m0/s1. The molecule has 5 nitrogen and oxygen atoms in total. The molecule has 0 spiro atoms. The Morgan fingerprint density at radius 3 is 2.63 bits per heavy atom. The molecule has 0 radical (unpaired) electrons. The molecule has 1 atom stereocenters. The maximum atomic E-state index is 11.6. The first kappa shape index (κ1) is 16.2. The number of halogens is 2. The Morgan fingerprint density at radius 1 is 1.42 bits per heavy atom. The number of nitrogens with two attached hydrogens (primary N) is 1. The lowest BCUT2D eigenvalue weighted by atomic mass is 10.3. The van der Waals surface area contributed by atoms with Crippen LogP contribution in [0.3, 0.4) is 0 Å².